The molecule has 0 aliphatic rings. The number of rotatable bonds is 4. The lowest BCUT2D eigenvalue weighted by Gasteiger charge is -2.14. The summed E-state index contributed by atoms with van der Waals surface area (Å²) in [6.45, 7) is 0.953. The molecule has 0 amide bonds. The highest BCUT2D eigenvalue weighted by Crippen LogP contribution is 2.19. The Morgan fingerprint density at radius 2 is 1.78 bits per heavy atom. The zero-order valence-corrected chi connectivity index (χ0v) is 11.0. The van der Waals surface area contributed by atoms with Crippen molar-refractivity contribution < 1.29 is 0 Å². The van der Waals surface area contributed by atoms with Gasteiger partial charge in [0.15, 0.2) is 0 Å². The standard InChI is InChI=1S/C16H19N2/c1-18(2)12-15-9-4-3-7-13(15)11-14-8-5-6-10-16(14)17/h3-5,7-10H,11-12,17H2,1-2H3. The molecule has 1 radical (unpaired) electrons. The Labute approximate surface area is 109 Å². The zero-order valence-electron chi connectivity index (χ0n) is 11.0. The van der Waals surface area contributed by atoms with Crippen LogP contribution >= 0.6 is 0 Å². The summed E-state index contributed by atoms with van der Waals surface area (Å²) < 4.78 is 0. The van der Waals surface area contributed by atoms with Gasteiger partial charge in [0.1, 0.15) is 0 Å². The van der Waals surface area contributed by atoms with Crippen molar-refractivity contribution in [1.29, 1.82) is 0 Å². The number of hydrogen-bond donors (Lipinski definition) is 1. The van der Waals surface area contributed by atoms with Gasteiger partial charge in [-0.15, -0.1) is 0 Å². The number of hydrogen-bond acceptors (Lipinski definition) is 2. The Balaban J connectivity index is 2.26. The fourth-order valence-electron chi connectivity index (χ4n) is 2.07. The molecule has 2 aromatic rings. The van der Waals surface area contributed by atoms with E-state index in [0.29, 0.717) is 0 Å². The minimum absolute atomic E-state index is 0.817. The van der Waals surface area contributed by atoms with Gasteiger partial charge in [-0.25, -0.2) is 0 Å². The van der Waals surface area contributed by atoms with Crippen LogP contribution in [0.2, 0.25) is 0 Å². The minimum atomic E-state index is 0.817. The summed E-state index contributed by atoms with van der Waals surface area (Å²) in [5.41, 5.74) is 10.7. The van der Waals surface area contributed by atoms with Gasteiger partial charge in [0.25, 0.3) is 0 Å². The van der Waals surface area contributed by atoms with E-state index in [1.165, 1.54) is 16.7 Å². The average molecular weight is 239 g/mol. The Bertz CT molecular complexity index is 518. The molecule has 2 nitrogen and oxygen atoms in total. The largest absolute Gasteiger partial charge is 0.398 e. The summed E-state index contributed by atoms with van der Waals surface area (Å²) in [5, 5.41) is 0. The first kappa shape index (κ1) is 12.7. The Morgan fingerprint density at radius 3 is 2.44 bits per heavy atom. The van der Waals surface area contributed by atoms with Gasteiger partial charge >= 0.3 is 0 Å². The molecule has 0 saturated carbocycles. The number of benzene rings is 2. The van der Waals surface area contributed by atoms with E-state index in [0.717, 1.165) is 18.7 Å². The highest BCUT2D eigenvalue weighted by molar-refractivity contribution is 5.49. The third kappa shape index (κ3) is 3.11. The monoisotopic (exact) mass is 239 g/mol. The first-order valence-electron chi connectivity index (χ1n) is 6.13. The zero-order chi connectivity index (χ0) is 13.0. The van der Waals surface area contributed by atoms with Crippen molar-refractivity contribution in [2.75, 3.05) is 19.8 Å². The summed E-state index contributed by atoms with van der Waals surface area (Å²) in [5.74, 6) is 0. The SMILES string of the molecule is CN(C)Cc1ccccc1Cc1cc[c]cc1N. The van der Waals surface area contributed by atoms with E-state index < -0.39 is 0 Å². The maximum Gasteiger partial charge on any atom is 0.0356 e. The van der Waals surface area contributed by atoms with Gasteiger partial charge in [0.05, 0.1) is 0 Å². The third-order valence-corrected chi connectivity index (χ3v) is 2.98. The van der Waals surface area contributed by atoms with Crippen molar-refractivity contribution in [3.05, 3.63) is 65.2 Å². The summed E-state index contributed by atoms with van der Waals surface area (Å²) in [7, 11) is 4.17. The van der Waals surface area contributed by atoms with Crippen molar-refractivity contribution in [3.8, 4) is 0 Å². The van der Waals surface area contributed by atoms with E-state index in [2.05, 4.69) is 49.3 Å². The Hall–Kier alpha value is -1.80. The molecule has 18 heavy (non-hydrogen) atoms. The maximum atomic E-state index is 5.98. The van der Waals surface area contributed by atoms with E-state index in [1.807, 2.05) is 18.2 Å². The fourth-order valence-corrected chi connectivity index (χ4v) is 2.07. The lowest BCUT2D eigenvalue weighted by Crippen LogP contribution is -2.12. The molecule has 0 saturated heterocycles. The van der Waals surface area contributed by atoms with Crippen LogP contribution in [0.4, 0.5) is 5.69 Å². The van der Waals surface area contributed by atoms with E-state index in [1.54, 1.807) is 0 Å². The van der Waals surface area contributed by atoms with Crippen LogP contribution in [0.5, 0.6) is 0 Å². The molecule has 2 aromatic carbocycles. The van der Waals surface area contributed by atoms with Gasteiger partial charge in [-0.3, -0.25) is 0 Å². The molecule has 0 spiro atoms. The summed E-state index contributed by atoms with van der Waals surface area (Å²) in [6, 6.07) is 17.3. The minimum Gasteiger partial charge on any atom is -0.398 e. The second-order valence-electron chi connectivity index (χ2n) is 4.81. The molecule has 0 aliphatic heterocycles. The third-order valence-electron chi connectivity index (χ3n) is 2.98. The van der Waals surface area contributed by atoms with Gasteiger partial charge in [-0.05, 0) is 49.3 Å². The lowest BCUT2D eigenvalue weighted by atomic mass is 9.98. The molecule has 2 rings (SSSR count). The van der Waals surface area contributed by atoms with Crippen LogP contribution in [0.15, 0.2) is 42.5 Å². The molecule has 0 atom stereocenters. The van der Waals surface area contributed by atoms with Gasteiger partial charge in [0.2, 0.25) is 0 Å². The molecule has 2 heteroatoms. The summed E-state index contributed by atoms with van der Waals surface area (Å²) in [4.78, 5) is 2.18. The molecule has 0 fully saturated rings. The molecule has 0 bridgehead atoms. The number of anilines is 1. The number of nitrogens with two attached hydrogens (primary N) is 1. The van der Waals surface area contributed by atoms with Crippen LogP contribution in [0.1, 0.15) is 16.7 Å². The smallest absolute Gasteiger partial charge is 0.0356 e. The molecular weight excluding hydrogens is 220 g/mol. The molecular formula is C16H19N2. The Kier molecular flexibility index (Phi) is 4.00. The van der Waals surface area contributed by atoms with Crippen LogP contribution in [-0.2, 0) is 13.0 Å². The summed E-state index contributed by atoms with van der Waals surface area (Å²) >= 11 is 0. The van der Waals surface area contributed by atoms with E-state index >= 15 is 0 Å². The fraction of sp³-hybridized carbons (Fsp3) is 0.250. The highest BCUT2D eigenvalue weighted by atomic mass is 15.0. The molecule has 0 aliphatic carbocycles. The molecule has 0 heterocycles. The van der Waals surface area contributed by atoms with Gasteiger partial charge in [0, 0.05) is 12.2 Å². The van der Waals surface area contributed by atoms with E-state index in [4.69, 9.17) is 5.73 Å². The van der Waals surface area contributed by atoms with Gasteiger partial charge in [-0.1, -0.05) is 36.4 Å². The molecule has 0 aromatic heterocycles. The quantitative estimate of drug-likeness (QED) is 0.831. The van der Waals surface area contributed by atoms with Crippen molar-refractivity contribution in [1.82, 2.24) is 4.90 Å². The molecule has 2 N–H and O–H groups in total. The van der Waals surface area contributed by atoms with Crippen LogP contribution in [0.25, 0.3) is 0 Å². The Morgan fingerprint density at radius 1 is 1.06 bits per heavy atom. The lowest BCUT2D eigenvalue weighted by molar-refractivity contribution is 0.401. The van der Waals surface area contributed by atoms with E-state index in [-0.39, 0.29) is 0 Å². The normalized spacial score (nSPS) is 10.8. The molecule has 93 valence electrons. The average Bonchev–Trinajstić information content (AvgIpc) is 2.34. The van der Waals surface area contributed by atoms with Crippen LogP contribution in [0.3, 0.4) is 0 Å². The predicted octanol–water partition coefficient (Wildman–Crippen LogP) is 2.72. The number of nitrogen functional groups attached to an aromatic ring is 1. The maximum absolute atomic E-state index is 5.98. The van der Waals surface area contributed by atoms with Crippen molar-refractivity contribution in [3.63, 3.8) is 0 Å². The first-order chi connectivity index (χ1) is 8.66. The highest BCUT2D eigenvalue weighted by Gasteiger charge is 2.05. The van der Waals surface area contributed by atoms with Crippen LogP contribution in [0, 0.1) is 6.07 Å². The molecule has 0 unspecified atom stereocenters. The number of nitrogens with zero attached hydrogens (tertiary/aromatic N) is 1. The van der Waals surface area contributed by atoms with Gasteiger partial charge < -0.3 is 10.6 Å². The predicted molar refractivity (Wildman–Crippen MR) is 76.3 cm³/mol. The van der Waals surface area contributed by atoms with E-state index in [9.17, 15) is 0 Å². The van der Waals surface area contributed by atoms with Crippen molar-refractivity contribution in [2.24, 2.45) is 0 Å². The van der Waals surface area contributed by atoms with Crippen molar-refractivity contribution in [2.45, 2.75) is 13.0 Å². The van der Waals surface area contributed by atoms with Crippen molar-refractivity contribution >= 4 is 5.69 Å². The second-order valence-corrected chi connectivity index (χ2v) is 4.81. The van der Waals surface area contributed by atoms with Gasteiger partial charge in [-0.2, -0.15) is 0 Å². The van der Waals surface area contributed by atoms with Crippen LogP contribution in [-0.4, -0.2) is 19.0 Å². The van der Waals surface area contributed by atoms with Crippen LogP contribution < -0.4 is 5.73 Å². The summed E-state index contributed by atoms with van der Waals surface area (Å²) in [6.07, 6.45) is 0.879. The second kappa shape index (κ2) is 5.69. The first-order valence-corrected chi connectivity index (χ1v) is 6.13. The topological polar surface area (TPSA) is 29.3 Å².